The number of hydrogen-bond donors (Lipinski definition) is 2. The monoisotopic (exact) mass is 230 g/mol. The second-order valence-corrected chi connectivity index (χ2v) is 5.67. The van der Waals surface area contributed by atoms with E-state index in [4.69, 9.17) is 0 Å². The molecule has 1 heterocycles. The maximum atomic E-state index is 3.75. The van der Waals surface area contributed by atoms with Crippen LogP contribution >= 0.6 is 0 Å². The maximum absolute atomic E-state index is 3.75. The van der Waals surface area contributed by atoms with Crippen molar-refractivity contribution >= 4 is 0 Å². The van der Waals surface area contributed by atoms with Gasteiger partial charge in [-0.1, -0.05) is 24.3 Å². The molecule has 1 aromatic carbocycles. The summed E-state index contributed by atoms with van der Waals surface area (Å²) in [6.45, 7) is 5.72. The van der Waals surface area contributed by atoms with Crippen molar-refractivity contribution in [1.29, 1.82) is 0 Å². The van der Waals surface area contributed by atoms with Crippen LogP contribution in [0.5, 0.6) is 0 Å². The third kappa shape index (κ3) is 2.24. The molecule has 2 heteroatoms. The average molecular weight is 230 g/mol. The van der Waals surface area contributed by atoms with Crippen molar-refractivity contribution in [3.63, 3.8) is 0 Å². The molecule has 1 aliphatic carbocycles. The van der Waals surface area contributed by atoms with E-state index in [-0.39, 0.29) is 0 Å². The van der Waals surface area contributed by atoms with Crippen LogP contribution in [0.4, 0.5) is 0 Å². The lowest BCUT2D eigenvalue weighted by Crippen LogP contribution is -2.37. The van der Waals surface area contributed by atoms with Crippen molar-refractivity contribution < 1.29 is 0 Å². The zero-order valence-corrected chi connectivity index (χ0v) is 10.6. The van der Waals surface area contributed by atoms with Gasteiger partial charge in [-0.2, -0.15) is 0 Å². The molecule has 0 radical (unpaired) electrons. The van der Waals surface area contributed by atoms with Gasteiger partial charge in [-0.05, 0) is 43.9 Å². The maximum Gasteiger partial charge on any atom is 0.0204 e. The van der Waals surface area contributed by atoms with Gasteiger partial charge in [-0.3, -0.25) is 0 Å². The molecular weight excluding hydrogens is 208 g/mol. The average Bonchev–Trinajstić information content (AvgIpc) is 2.94. The molecule has 1 aromatic rings. The van der Waals surface area contributed by atoms with E-state index in [1.165, 1.54) is 31.4 Å². The molecule has 2 nitrogen and oxygen atoms in total. The Morgan fingerprint density at radius 1 is 1.35 bits per heavy atom. The van der Waals surface area contributed by atoms with Gasteiger partial charge in [-0.15, -0.1) is 0 Å². The molecule has 1 atom stereocenters. The van der Waals surface area contributed by atoms with Crippen LogP contribution in [0, 0.1) is 6.92 Å². The highest BCUT2D eigenvalue weighted by atomic mass is 15.0. The van der Waals surface area contributed by atoms with E-state index in [1.54, 1.807) is 5.56 Å². The molecule has 2 aliphatic rings. The Morgan fingerprint density at radius 2 is 2.18 bits per heavy atom. The predicted octanol–water partition coefficient (Wildman–Crippen LogP) is 1.98. The lowest BCUT2D eigenvalue weighted by Gasteiger charge is -2.21. The van der Waals surface area contributed by atoms with Crippen LogP contribution in [-0.2, 0) is 5.41 Å². The Bertz CT molecular complexity index is 390. The summed E-state index contributed by atoms with van der Waals surface area (Å²) >= 11 is 0. The molecule has 0 amide bonds. The summed E-state index contributed by atoms with van der Waals surface area (Å²) in [6, 6.07) is 9.57. The SMILES string of the molecule is Cc1ccccc1C1(CNC2CCNC2)CC1. The van der Waals surface area contributed by atoms with Gasteiger partial charge in [0.05, 0.1) is 0 Å². The zero-order valence-electron chi connectivity index (χ0n) is 10.6. The van der Waals surface area contributed by atoms with E-state index in [9.17, 15) is 0 Å². The van der Waals surface area contributed by atoms with E-state index in [0.29, 0.717) is 11.5 Å². The first kappa shape index (κ1) is 11.2. The highest BCUT2D eigenvalue weighted by molar-refractivity contribution is 5.38. The first-order valence-electron chi connectivity index (χ1n) is 6.80. The van der Waals surface area contributed by atoms with E-state index >= 15 is 0 Å². The minimum Gasteiger partial charge on any atom is -0.315 e. The van der Waals surface area contributed by atoms with Crippen molar-refractivity contribution in [2.24, 2.45) is 0 Å². The fourth-order valence-electron chi connectivity index (χ4n) is 3.03. The molecule has 0 aromatic heterocycles. The standard InChI is InChI=1S/C15H22N2/c1-12-4-2-3-5-14(12)15(7-8-15)11-17-13-6-9-16-10-13/h2-5,13,16-17H,6-11H2,1H3. The van der Waals surface area contributed by atoms with Crippen molar-refractivity contribution in [3.8, 4) is 0 Å². The highest BCUT2D eigenvalue weighted by Crippen LogP contribution is 2.48. The van der Waals surface area contributed by atoms with E-state index in [0.717, 1.165) is 13.1 Å². The summed E-state index contributed by atoms with van der Waals surface area (Å²) in [5.74, 6) is 0. The number of hydrogen-bond acceptors (Lipinski definition) is 2. The van der Waals surface area contributed by atoms with Crippen LogP contribution in [0.1, 0.15) is 30.4 Å². The van der Waals surface area contributed by atoms with Gasteiger partial charge in [0.25, 0.3) is 0 Å². The number of aryl methyl sites for hydroxylation is 1. The molecule has 1 saturated heterocycles. The van der Waals surface area contributed by atoms with Crippen LogP contribution in [0.3, 0.4) is 0 Å². The van der Waals surface area contributed by atoms with Gasteiger partial charge in [0.2, 0.25) is 0 Å². The molecule has 17 heavy (non-hydrogen) atoms. The number of nitrogens with one attached hydrogen (secondary N) is 2. The summed E-state index contributed by atoms with van der Waals surface area (Å²) in [7, 11) is 0. The van der Waals surface area contributed by atoms with Gasteiger partial charge in [0, 0.05) is 24.5 Å². The first-order valence-corrected chi connectivity index (χ1v) is 6.80. The predicted molar refractivity (Wildman–Crippen MR) is 71.4 cm³/mol. The summed E-state index contributed by atoms with van der Waals surface area (Å²) in [4.78, 5) is 0. The highest BCUT2D eigenvalue weighted by Gasteiger charge is 2.44. The van der Waals surface area contributed by atoms with E-state index in [1.807, 2.05) is 0 Å². The molecular formula is C15H22N2. The van der Waals surface area contributed by atoms with E-state index < -0.39 is 0 Å². The second-order valence-electron chi connectivity index (χ2n) is 5.67. The largest absolute Gasteiger partial charge is 0.315 e. The number of rotatable bonds is 4. The van der Waals surface area contributed by atoms with Gasteiger partial charge in [0.1, 0.15) is 0 Å². The van der Waals surface area contributed by atoms with Crippen LogP contribution in [0.15, 0.2) is 24.3 Å². The Hall–Kier alpha value is -0.860. The Morgan fingerprint density at radius 3 is 2.82 bits per heavy atom. The number of benzene rings is 1. The lowest BCUT2D eigenvalue weighted by atomic mass is 9.91. The summed E-state index contributed by atoms with van der Waals surface area (Å²) < 4.78 is 0. The van der Waals surface area contributed by atoms with Crippen LogP contribution in [-0.4, -0.2) is 25.7 Å². The lowest BCUT2D eigenvalue weighted by molar-refractivity contribution is 0.494. The molecule has 3 rings (SSSR count). The molecule has 0 spiro atoms. The van der Waals surface area contributed by atoms with Crippen LogP contribution in [0.2, 0.25) is 0 Å². The zero-order chi connectivity index (χ0) is 11.7. The van der Waals surface area contributed by atoms with Gasteiger partial charge in [0.15, 0.2) is 0 Å². The first-order chi connectivity index (χ1) is 8.30. The quantitative estimate of drug-likeness (QED) is 0.826. The third-order valence-electron chi connectivity index (χ3n) is 4.36. The molecule has 1 aliphatic heterocycles. The Balaban J connectivity index is 1.67. The summed E-state index contributed by atoms with van der Waals surface area (Å²) in [5, 5.41) is 7.17. The second kappa shape index (κ2) is 4.43. The fraction of sp³-hybridized carbons (Fsp3) is 0.600. The smallest absolute Gasteiger partial charge is 0.0204 e. The molecule has 0 bridgehead atoms. The van der Waals surface area contributed by atoms with Gasteiger partial charge >= 0.3 is 0 Å². The van der Waals surface area contributed by atoms with Crippen molar-refractivity contribution in [2.45, 2.75) is 37.6 Å². The molecule has 2 N–H and O–H groups in total. The molecule has 2 fully saturated rings. The normalized spacial score (nSPS) is 26.1. The van der Waals surface area contributed by atoms with Crippen LogP contribution in [0.25, 0.3) is 0 Å². The molecule has 1 unspecified atom stereocenters. The Kier molecular flexibility index (Phi) is 2.93. The van der Waals surface area contributed by atoms with E-state index in [2.05, 4.69) is 41.8 Å². The Labute approximate surface area is 104 Å². The van der Waals surface area contributed by atoms with Crippen LogP contribution < -0.4 is 10.6 Å². The molecule has 1 saturated carbocycles. The minimum atomic E-state index is 0.452. The summed E-state index contributed by atoms with van der Waals surface area (Å²) in [6.07, 6.45) is 3.99. The van der Waals surface area contributed by atoms with Crippen molar-refractivity contribution in [2.75, 3.05) is 19.6 Å². The molecule has 92 valence electrons. The van der Waals surface area contributed by atoms with Gasteiger partial charge < -0.3 is 10.6 Å². The van der Waals surface area contributed by atoms with Crippen molar-refractivity contribution in [1.82, 2.24) is 10.6 Å². The van der Waals surface area contributed by atoms with Crippen molar-refractivity contribution in [3.05, 3.63) is 35.4 Å². The summed E-state index contributed by atoms with van der Waals surface area (Å²) in [5.41, 5.74) is 3.48. The fourth-order valence-corrected chi connectivity index (χ4v) is 3.03. The van der Waals surface area contributed by atoms with Gasteiger partial charge in [-0.25, -0.2) is 0 Å². The third-order valence-corrected chi connectivity index (χ3v) is 4.36. The minimum absolute atomic E-state index is 0.452. The topological polar surface area (TPSA) is 24.1 Å².